The van der Waals surface area contributed by atoms with Crippen molar-refractivity contribution < 1.29 is 18.7 Å². The van der Waals surface area contributed by atoms with Gasteiger partial charge in [0.15, 0.2) is 0 Å². The Labute approximate surface area is 179 Å². The molecule has 2 heterocycles. The molecule has 0 N–H and O–H groups in total. The Hall–Kier alpha value is -3.25. The summed E-state index contributed by atoms with van der Waals surface area (Å²) in [6.45, 7) is 3.89. The minimum Gasteiger partial charge on any atom is -0.497 e. The van der Waals surface area contributed by atoms with E-state index in [0.29, 0.717) is 33.2 Å². The SMILES string of the molecule is COc1ccc(C2=C(SCc3ccco3)C(=O)N(c3ccc(C)cc3C)C2=O)cc1. The highest BCUT2D eigenvalue weighted by molar-refractivity contribution is 8.03. The lowest BCUT2D eigenvalue weighted by molar-refractivity contribution is -0.119. The van der Waals surface area contributed by atoms with E-state index in [4.69, 9.17) is 9.15 Å². The molecule has 4 rings (SSSR count). The Morgan fingerprint density at radius 1 is 1.00 bits per heavy atom. The van der Waals surface area contributed by atoms with E-state index in [1.54, 1.807) is 43.7 Å². The number of carbonyl (C=O) groups is 2. The fourth-order valence-corrected chi connectivity index (χ4v) is 4.48. The number of furan rings is 1. The van der Waals surface area contributed by atoms with Gasteiger partial charge in [-0.25, -0.2) is 4.90 Å². The van der Waals surface area contributed by atoms with Crippen molar-refractivity contribution in [3.8, 4) is 5.75 Å². The number of methoxy groups -OCH3 is 1. The Balaban J connectivity index is 1.76. The molecule has 0 fully saturated rings. The van der Waals surface area contributed by atoms with E-state index < -0.39 is 0 Å². The summed E-state index contributed by atoms with van der Waals surface area (Å²) in [7, 11) is 1.59. The minimum atomic E-state index is -0.320. The summed E-state index contributed by atoms with van der Waals surface area (Å²) in [6, 6.07) is 16.5. The highest BCUT2D eigenvalue weighted by Crippen LogP contribution is 2.40. The fraction of sp³-hybridized carbons (Fsp3) is 0.167. The number of carbonyl (C=O) groups excluding carboxylic acids is 2. The van der Waals surface area contributed by atoms with Crippen LogP contribution in [0.15, 0.2) is 70.2 Å². The molecule has 0 bridgehead atoms. The lowest BCUT2D eigenvalue weighted by Gasteiger charge is -2.18. The normalized spacial score (nSPS) is 14.0. The van der Waals surface area contributed by atoms with Gasteiger partial charge in [-0.3, -0.25) is 9.59 Å². The van der Waals surface area contributed by atoms with E-state index in [1.165, 1.54) is 16.7 Å². The number of benzene rings is 2. The van der Waals surface area contributed by atoms with Gasteiger partial charge in [-0.05, 0) is 55.3 Å². The molecule has 2 aromatic carbocycles. The third-order valence-corrected chi connectivity index (χ3v) is 6.05. The van der Waals surface area contributed by atoms with Gasteiger partial charge in [-0.2, -0.15) is 0 Å². The second kappa shape index (κ2) is 8.24. The van der Waals surface area contributed by atoms with Crippen LogP contribution in [-0.4, -0.2) is 18.9 Å². The highest BCUT2D eigenvalue weighted by atomic mass is 32.2. The van der Waals surface area contributed by atoms with E-state index in [2.05, 4.69) is 0 Å². The van der Waals surface area contributed by atoms with Crippen molar-refractivity contribution in [2.24, 2.45) is 0 Å². The number of thioether (sulfide) groups is 1. The number of hydrogen-bond acceptors (Lipinski definition) is 5. The molecular formula is C24H21NO4S. The lowest BCUT2D eigenvalue weighted by atomic mass is 10.1. The maximum absolute atomic E-state index is 13.5. The van der Waals surface area contributed by atoms with E-state index in [9.17, 15) is 9.59 Å². The molecule has 0 atom stereocenters. The molecule has 0 spiro atoms. The van der Waals surface area contributed by atoms with Crippen LogP contribution in [0.25, 0.3) is 5.57 Å². The molecule has 30 heavy (non-hydrogen) atoms. The molecule has 1 aliphatic rings. The number of ether oxygens (including phenoxy) is 1. The zero-order chi connectivity index (χ0) is 21.3. The molecule has 0 aliphatic carbocycles. The minimum absolute atomic E-state index is 0.311. The van der Waals surface area contributed by atoms with Crippen LogP contribution < -0.4 is 9.64 Å². The average Bonchev–Trinajstić information content (AvgIpc) is 3.34. The second-order valence-corrected chi connectivity index (χ2v) is 8.02. The topological polar surface area (TPSA) is 59.8 Å². The Kier molecular flexibility index (Phi) is 5.50. The third kappa shape index (κ3) is 3.66. The van der Waals surface area contributed by atoms with Gasteiger partial charge in [-0.15, -0.1) is 11.8 Å². The van der Waals surface area contributed by atoms with Crippen molar-refractivity contribution in [2.45, 2.75) is 19.6 Å². The average molecular weight is 420 g/mol. The molecule has 3 aromatic rings. The first kappa shape index (κ1) is 20.0. The lowest BCUT2D eigenvalue weighted by Crippen LogP contribution is -2.32. The number of anilines is 1. The molecule has 2 amide bonds. The zero-order valence-corrected chi connectivity index (χ0v) is 17.8. The van der Waals surface area contributed by atoms with E-state index in [-0.39, 0.29) is 11.8 Å². The van der Waals surface area contributed by atoms with Crippen LogP contribution >= 0.6 is 11.8 Å². The van der Waals surface area contributed by atoms with Crippen molar-refractivity contribution in [2.75, 3.05) is 12.0 Å². The fourth-order valence-electron chi connectivity index (χ4n) is 3.47. The maximum Gasteiger partial charge on any atom is 0.272 e. The van der Waals surface area contributed by atoms with Crippen molar-refractivity contribution in [3.63, 3.8) is 0 Å². The van der Waals surface area contributed by atoms with Crippen LogP contribution in [0.1, 0.15) is 22.5 Å². The smallest absolute Gasteiger partial charge is 0.272 e. The van der Waals surface area contributed by atoms with Crippen LogP contribution in [0.4, 0.5) is 5.69 Å². The number of hydrogen-bond donors (Lipinski definition) is 0. The molecule has 0 unspecified atom stereocenters. The van der Waals surface area contributed by atoms with Gasteiger partial charge in [-0.1, -0.05) is 29.8 Å². The highest BCUT2D eigenvalue weighted by Gasteiger charge is 2.40. The Morgan fingerprint density at radius 3 is 2.40 bits per heavy atom. The summed E-state index contributed by atoms with van der Waals surface area (Å²) >= 11 is 1.32. The summed E-state index contributed by atoms with van der Waals surface area (Å²) in [5.74, 6) is 1.26. The quantitative estimate of drug-likeness (QED) is 0.519. The molecule has 0 saturated carbocycles. The monoisotopic (exact) mass is 419 g/mol. The maximum atomic E-state index is 13.5. The van der Waals surface area contributed by atoms with Gasteiger partial charge < -0.3 is 9.15 Å². The third-order valence-electron chi connectivity index (χ3n) is 4.95. The summed E-state index contributed by atoms with van der Waals surface area (Å²) in [5, 5.41) is 0. The first-order valence-corrected chi connectivity index (χ1v) is 10.5. The van der Waals surface area contributed by atoms with E-state index in [1.807, 2.05) is 38.1 Å². The van der Waals surface area contributed by atoms with Gasteiger partial charge in [0.2, 0.25) is 0 Å². The van der Waals surface area contributed by atoms with Crippen LogP contribution in [0.2, 0.25) is 0 Å². The van der Waals surface area contributed by atoms with Gasteiger partial charge in [0, 0.05) is 0 Å². The predicted octanol–water partition coefficient (Wildman–Crippen LogP) is 5.12. The van der Waals surface area contributed by atoms with Crippen molar-refractivity contribution in [3.05, 3.63) is 88.2 Å². The number of imide groups is 1. The molecule has 6 heteroatoms. The Morgan fingerprint density at radius 2 is 1.77 bits per heavy atom. The van der Waals surface area contributed by atoms with Gasteiger partial charge in [0.1, 0.15) is 11.5 Å². The summed E-state index contributed by atoms with van der Waals surface area (Å²) < 4.78 is 10.6. The molecule has 5 nitrogen and oxygen atoms in total. The van der Waals surface area contributed by atoms with Gasteiger partial charge >= 0.3 is 0 Å². The number of nitrogens with zero attached hydrogens (tertiary/aromatic N) is 1. The van der Waals surface area contributed by atoms with Crippen LogP contribution in [0.5, 0.6) is 5.75 Å². The number of rotatable bonds is 6. The standard InChI is InChI=1S/C24H21NO4S/c1-15-6-11-20(16(2)13-15)25-23(26)21(17-7-9-18(28-3)10-8-17)22(24(25)27)30-14-19-5-4-12-29-19/h4-13H,14H2,1-3H3. The first-order valence-electron chi connectivity index (χ1n) is 9.49. The van der Waals surface area contributed by atoms with Crippen LogP contribution in [0.3, 0.4) is 0 Å². The predicted molar refractivity (Wildman–Crippen MR) is 118 cm³/mol. The molecular weight excluding hydrogens is 398 g/mol. The zero-order valence-electron chi connectivity index (χ0n) is 17.0. The Bertz CT molecular complexity index is 1130. The van der Waals surface area contributed by atoms with E-state index >= 15 is 0 Å². The van der Waals surface area contributed by atoms with Gasteiger partial charge in [0.25, 0.3) is 11.8 Å². The number of aryl methyl sites for hydroxylation is 2. The van der Waals surface area contributed by atoms with E-state index in [0.717, 1.165) is 16.9 Å². The molecule has 152 valence electrons. The second-order valence-electron chi connectivity index (χ2n) is 7.04. The molecule has 1 aliphatic heterocycles. The van der Waals surface area contributed by atoms with Crippen molar-refractivity contribution in [1.29, 1.82) is 0 Å². The first-order chi connectivity index (χ1) is 14.5. The summed E-state index contributed by atoms with van der Waals surface area (Å²) in [6.07, 6.45) is 1.60. The molecule has 1 aromatic heterocycles. The summed E-state index contributed by atoms with van der Waals surface area (Å²) in [4.78, 5) is 28.5. The molecule has 0 radical (unpaired) electrons. The van der Waals surface area contributed by atoms with Crippen molar-refractivity contribution in [1.82, 2.24) is 0 Å². The van der Waals surface area contributed by atoms with Crippen molar-refractivity contribution >= 4 is 34.8 Å². The molecule has 0 saturated heterocycles. The summed E-state index contributed by atoms with van der Waals surface area (Å²) in [5.41, 5.74) is 3.65. The van der Waals surface area contributed by atoms with Crippen LogP contribution in [-0.2, 0) is 15.3 Å². The number of amides is 2. The largest absolute Gasteiger partial charge is 0.497 e. The van der Waals surface area contributed by atoms with Gasteiger partial charge in [0.05, 0.1) is 35.3 Å². The van der Waals surface area contributed by atoms with Crippen LogP contribution in [0, 0.1) is 13.8 Å².